The third-order valence-electron chi connectivity index (χ3n) is 2.86. The van der Waals surface area contributed by atoms with Crippen LogP contribution in [0.1, 0.15) is 25.7 Å². The number of aromatic amines is 1. The number of hydrogen-bond acceptors (Lipinski definition) is 4. The monoisotopic (exact) mass is 203 g/mol. The van der Waals surface area contributed by atoms with Crippen molar-refractivity contribution in [1.82, 2.24) is 20.2 Å². The summed E-state index contributed by atoms with van der Waals surface area (Å²) >= 11 is 0. The molecule has 1 aliphatic carbocycles. The van der Waals surface area contributed by atoms with Crippen LogP contribution in [-0.2, 0) is 0 Å². The maximum absolute atomic E-state index is 4.43. The van der Waals surface area contributed by atoms with E-state index in [0.717, 1.165) is 17.0 Å². The molecule has 0 saturated heterocycles. The third-order valence-corrected chi connectivity index (χ3v) is 2.86. The molecule has 78 valence electrons. The van der Waals surface area contributed by atoms with Crippen LogP contribution >= 0.6 is 0 Å². The van der Waals surface area contributed by atoms with E-state index in [4.69, 9.17) is 0 Å². The number of aromatic nitrogens is 4. The number of anilines is 1. The fraction of sp³-hybridized carbons (Fsp3) is 0.500. The van der Waals surface area contributed by atoms with Crippen LogP contribution in [0.3, 0.4) is 0 Å². The van der Waals surface area contributed by atoms with Crippen molar-refractivity contribution in [3.63, 3.8) is 0 Å². The lowest BCUT2D eigenvalue weighted by atomic mass is 10.2. The normalized spacial score (nSPS) is 17.3. The quantitative estimate of drug-likeness (QED) is 0.779. The molecule has 5 heteroatoms. The van der Waals surface area contributed by atoms with Crippen molar-refractivity contribution in [2.45, 2.75) is 31.7 Å². The Bertz CT molecular complexity index is 458. The lowest BCUT2D eigenvalue weighted by Crippen LogP contribution is -2.15. The molecule has 1 saturated carbocycles. The van der Waals surface area contributed by atoms with Crippen LogP contribution in [-0.4, -0.2) is 26.2 Å². The molecule has 0 amide bonds. The van der Waals surface area contributed by atoms with Gasteiger partial charge in [-0.15, -0.1) is 0 Å². The first-order chi connectivity index (χ1) is 7.42. The predicted molar refractivity (Wildman–Crippen MR) is 57.6 cm³/mol. The van der Waals surface area contributed by atoms with Crippen LogP contribution in [0.25, 0.3) is 11.2 Å². The maximum Gasteiger partial charge on any atom is 0.174 e. The Hall–Kier alpha value is -1.65. The molecule has 15 heavy (non-hydrogen) atoms. The van der Waals surface area contributed by atoms with Crippen molar-refractivity contribution in [3.8, 4) is 0 Å². The van der Waals surface area contributed by atoms with Gasteiger partial charge >= 0.3 is 0 Å². The molecule has 2 aromatic heterocycles. The van der Waals surface area contributed by atoms with E-state index in [2.05, 4.69) is 25.5 Å². The predicted octanol–water partition coefficient (Wildman–Crippen LogP) is 1.71. The van der Waals surface area contributed by atoms with E-state index < -0.39 is 0 Å². The highest BCUT2D eigenvalue weighted by Gasteiger charge is 2.15. The van der Waals surface area contributed by atoms with Crippen LogP contribution in [0.4, 0.5) is 5.82 Å². The highest BCUT2D eigenvalue weighted by Crippen LogP contribution is 2.21. The fourth-order valence-corrected chi connectivity index (χ4v) is 2.08. The Morgan fingerprint density at radius 1 is 1.27 bits per heavy atom. The zero-order valence-corrected chi connectivity index (χ0v) is 8.40. The molecule has 0 unspecified atom stereocenters. The summed E-state index contributed by atoms with van der Waals surface area (Å²) in [6.07, 6.45) is 8.58. The average Bonchev–Trinajstić information content (AvgIpc) is 2.87. The number of hydrogen-bond donors (Lipinski definition) is 2. The largest absolute Gasteiger partial charge is 0.366 e. The van der Waals surface area contributed by atoms with Crippen molar-refractivity contribution >= 4 is 17.0 Å². The van der Waals surface area contributed by atoms with E-state index >= 15 is 0 Å². The Kier molecular flexibility index (Phi) is 2.01. The molecular formula is C10H13N5. The lowest BCUT2D eigenvalue weighted by molar-refractivity contribution is 0.750. The molecule has 3 rings (SSSR count). The van der Waals surface area contributed by atoms with Gasteiger partial charge in [-0.2, -0.15) is 5.10 Å². The molecule has 0 bridgehead atoms. The van der Waals surface area contributed by atoms with Gasteiger partial charge in [0.05, 0.1) is 12.4 Å². The van der Waals surface area contributed by atoms with Gasteiger partial charge in [0.2, 0.25) is 0 Å². The third kappa shape index (κ3) is 1.65. The summed E-state index contributed by atoms with van der Waals surface area (Å²) in [6, 6.07) is 0.573. The lowest BCUT2D eigenvalue weighted by Gasteiger charge is -2.11. The van der Waals surface area contributed by atoms with Gasteiger partial charge in [0.15, 0.2) is 5.65 Å². The molecule has 2 aromatic rings. The number of nitrogens with one attached hydrogen (secondary N) is 2. The second-order valence-corrected chi connectivity index (χ2v) is 3.98. The van der Waals surface area contributed by atoms with E-state index in [0.29, 0.717) is 6.04 Å². The van der Waals surface area contributed by atoms with E-state index in [1.165, 1.54) is 25.7 Å². The number of nitrogens with zero attached hydrogens (tertiary/aromatic N) is 3. The minimum absolute atomic E-state index is 0.573. The van der Waals surface area contributed by atoms with Gasteiger partial charge < -0.3 is 5.32 Å². The summed E-state index contributed by atoms with van der Waals surface area (Å²) in [5.74, 6) is 0.857. The van der Waals surface area contributed by atoms with E-state index in [9.17, 15) is 0 Å². The van der Waals surface area contributed by atoms with Gasteiger partial charge in [-0.3, -0.25) is 5.10 Å². The van der Waals surface area contributed by atoms with Crippen molar-refractivity contribution in [2.75, 3.05) is 5.32 Å². The molecule has 5 nitrogen and oxygen atoms in total. The zero-order valence-electron chi connectivity index (χ0n) is 8.40. The standard InChI is InChI=1S/C10H13N5/c1-2-4-7(3-1)13-9-6-11-10-8(14-9)5-12-15-10/h5-7H,1-4H2,(H,13,14)(H,11,12,15). The molecule has 2 heterocycles. The Morgan fingerprint density at radius 3 is 3.00 bits per heavy atom. The zero-order chi connectivity index (χ0) is 10.1. The van der Waals surface area contributed by atoms with E-state index in [1.54, 1.807) is 12.4 Å². The summed E-state index contributed by atoms with van der Waals surface area (Å²) in [5, 5.41) is 10.1. The summed E-state index contributed by atoms with van der Waals surface area (Å²) in [5.41, 5.74) is 1.56. The second-order valence-electron chi connectivity index (χ2n) is 3.98. The van der Waals surface area contributed by atoms with Crippen LogP contribution in [0, 0.1) is 0 Å². The van der Waals surface area contributed by atoms with Crippen LogP contribution in [0.15, 0.2) is 12.4 Å². The Labute approximate surface area is 87.3 Å². The minimum Gasteiger partial charge on any atom is -0.366 e. The Morgan fingerprint density at radius 2 is 2.13 bits per heavy atom. The van der Waals surface area contributed by atoms with Gasteiger partial charge in [-0.25, -0.2) is 9.97 Å². The molecule has 0 atom stereocenters. The highest BCUT2D eigenvalue weighted by atomic mass is 15.2. The molecule has 1 aliphatic rings. The average molecular weight is 203 g/mol. The van der Waals surface area contributed by atoms with Crippen molar-refractivity contribution < 1.29 is 0 Å². The summed E-state index contributed by atoms with van der Waals surface area (Å²) in [6.45, 7) is 0. The van der Waals surface area contributed by atoms with Gasteiger partial charge in [0, 0.05) is 6.04 Å². The van der Waals surface area contributed by atoms with Crippen molar-refractivity contribution in [2.24, 2.45) is 0 Å². The number of fused-ring (bicyclic) bond motifs is 1. The number of rotatable bonds is 2. The first-order valence-electron chi connectivity index (χ1n) is 5.34. The smallest absolute Gasteiger partial charge is 0.174 e. The molecule has 0 aliphatic heterocycles. The van der Waals surface area contributed by atoms with Crippen molar-refractivity contribution in [3.05, 3.63) is 12.4 Å². The highest BCUT2D eigenvalue weighted by molar-refractivity contribution is 5.70. The SMILES string of the molecule is c1nc2[nH]ncc2nc1NC1CCCC1. The summed E-state index contributed by atoms with van der Waals surface area (Å²) < 4.78 is 0. The van der Waals surface area contributed by atoms with Gasteiger partial charge in [-0.05, 0) is 12.8 Å². The van der Waals surface area contributed by atoms with Gasteiger partial charge in [0.1, 0.15) is 11.3 Å². The van der Waals surface area contributed by atoms with Crippen LogP contribution in [0.5, 0.6) is 0 Å². The van der Waals surface area contributed by atoms with Crippen molar-refractivity contribution in [1.29, 1.82) is 0 Å². The first-order valence-corrected chi connectivity index (χ1v) is 5.34. The second kappa shape index (κ2) is 3.49. The van der Waals surface area contributed by atoms with Crippen LogP contribution < -0.4 is 5.32 Å². The van der Waals surface area contributed by atoms with Crippen LogP contribution in [0.2, 0.25) is 0 Å². The summed E-state index contributed by atoms with van der Waals surface area (Å²) in [4.78, 5) is 8.67. The Balaban J connectivity index is 1.84. The molecule has 0 aromatic carbocycles. The van der Waals surface area contributed by atoms with E-state index in [1.807, 2.05) is 0 Å². The number of H-pyrrole nitrogens is 1. The maximum atomic E-state index is 4.43. The van der Waals surface area contributed by atoms with E-state index in [-0.39, 0.29) is 0 Å². The fourth-order valence-electron chi connectivity index (χ4n) is 2.08. The molecule has 2 N–H and O–H groups in total. The molecular weight excluding hydrogens is 190 g/mol. The molecule has 1 fully saturated rings. The minimum atomic E-state index is 0.573. The molecule has 0 radical (unpaired) electrons. The summed E-state index contributed by atoms with van der Waals surface area (Å²) in [7, 11) is 0. The van der Waals surface area contributed by atoms with Gasteiger partial charge in [-0.1, -0.05) is 12.8 Å². The first kappa shape index (κ1) is 8.64. The molecule has 0 spiro atoms. The topological polar surface area (TPSA) is 66.5 Å². The van der Waals surface area contributed by atoms with Gasteiger partial charge in [0.25, 0.3) is 0 Å².